The molecule has 0 spiro atoms. The summed E-state index contributed by atoms with van der Waals surface area (Å²) in [5.41, 5.74) is 3.39. The molecule has 0 fully saturated rings. The molecule has 24 heavy (non-hydrogen) atoms. The number of pyridine rings is 1. The summed E-state index contributed by atoms with van der Waals surface area (Å²) in [6, 6.07) is 18.4. The van der Waals surface area contributed by atoms with Crippen LogP contribution in [0.4, 0.5) is 17.2 Å². The number of halogens is 1. The Morgan fingerprint density at radius 3 is 2.42 bits per heavy atom. The number of hydrogen-bond acceptors (Lipinski definition) is 3. The summed E-state index contributed by atoms with van der Waals surface area (Å²) < 4.78 is 0. The highest BCUT2D eigenvalue weighted by Gasteiger charge is 2.06. The summed E-state index contributed by atoms with van der Waals surface area (Å²) >= 11 is 5.86. The van der Waals surface area contributed by atoms with Crippen LogP contribution >= 0.6 is 11.6 Å². The van der Waals surface area contributed by atoms with Crippen LogP contribution in [0, 0.1) is 6.92 Å². The molecule has 0 radical (unpaired) electrons. The van der Waals surface area contributed by atoms with E-state index in [2.05, 4.69) is 15.6 Å². The normalized spacial score (nSPS) is 10.2. The van der Waals surface area contributed by atoms with E-state index in [4.69, 9.17) is 11.6 Å². The molecular formula is C19H16ClN3O. The molecule has 0 atom stereocenters. The first-order valence-electron chi connectivity index (χ1n) is 7.47. The fraction of sp³-hybridized carbons (Fsp3) is 0.0526. The fourth-order valence-electron chi connectivity index (χ4n) is 2.22. The van der Waals surface area contributed by atoms with Crippen molar-refractivity contribution in [1.82, 2.24) is 4.98 Å². The molecule has 0 saturated heterocycles. The minimum absolute atomic E-state index is 0.176. The second kappa shape index (κ2) is 7.15. The molecule has 2 aromatic carbocycles. The molecule has 1 amide bonds. The van der Waals surface area contributed by atoms with Gasteiger partial charge in [-0.1, -0.05) is 29.3 Å². The van der Waals surface area contributed by atoms with Crippen molar-refractivity contribution in [2.75, 3.05) is 10.6 Å². The lowest BCUT2D eigenvalue weighted by atomic mass is 10.1. The Bertz CT molecular complexity index is 845. The number of benzene rings is 2. The number of anilines is 3. The van der Waals surface area contributed by atoms with Gasteiger partial charge in [0.1, 0.15) is 5.82 Å². The predicted octanol–water partition coefficient (Wildman–Crippen LogP) is 5.04. The van der Waals surface area contributed by atoms with Gasteiger partial charge in [0.25, 0.3) is 5.91 Å². The Labute approximate surface area is 145 Å². The molecule has 3 aromatic rings. The Morgan fingerprint density at radius 2 is 1.75 bits per heavy atom. The summed E-state index contributed by atoms with van der Waals surface area (Å²) in [7, 11) is 0. The van der Waals surface area contributed by atoms with Crippen LogP contribution < -0.4 is 10.6 Å². The van der Waals surface area contributed by atoms with Crippen molar-refractivity contribution < 1.29 is 4.79 Å². The van der Waals surface area contributed by atoms with E-state index in [9.17, 15) is 4.79 Å². The summed E-state index contributed by atoms with van der Waals surface area (Å²) in [6.45, 7) is 1.95. The van der Waals surface area contributed by atoms with E-state index in [1.165, 1.54) is 0 Å². The molecule has 3 rings (SSSR count). The number of carbonyl (C=O) groups excluding carboxylic acids is 1. The van der Waals surface area contributed by atoms with Gasteiger partial charge in [-0.15, -0.1) is 0 Å². The maximum Gasteiger partial charge on any atom is 0.256 e. The SMILES string of the molecule is Cc1cccc(C(=O)Nc2ccc(Nc3ccc(Cl)cc3)cn2)c1. The summed E-state index contributed by atoms with van der Waals surface area (Å²) in [6.07, 6.45) is 1.67. The smallest absolute Gasteiger partial charge is 0.256 e. The van der Waals surface area contributed by atoms with Crippen LogP contribution in [-0.2, 0) is 0 Å². The number of amides is 1. The Balaban J connectivity index is 1.66. The van der Waals surface area contributed by atoms with Gasteiger partial charge < -0.3 is 10.6 Å². The third-order valence-corrected chi connectivity index (χ3v) is 3.67. The molecule has 1 heterocycles. The lowest BCUT2D eigenvalue weighted by Gasteiger charge is -2.08. The topological polar surface area (TPSA) is 54.0 Å². The molecule has 4 nitrogen and oxygen atoms in total. The molecule has 0 aliphatic heterocycles. The van der Waals surface area contributed by atoms with Crippen molar-refractivity contribution in [3.05, 3.63) is 83.0 Å². The average Bonchev–Trinajstić information content (AvgIpc) is 2.59. The number of nitrogens with one attached hydrogen (secondary N) is 2. The zero-order valence-electron chi connectivity index (χ0n) is 13.1. The summed E-state index contributed by atoms with van der Waals surface area (Å²) in [5, 5.41) is 6.69. The quantitative estimate of drug-likeness (QED) is 0.701. The highest BCUT2D eigenvalue weighted by atomic mass is 35.5. The number of hydrogen-bond donors (Lipinski definition) is 2. The van der Waals surface area contributed by atoms with E-state index in [1.807, 2.05) is 55.5 Å². The zero-order valence-corrected chi connectivity index (χ0v) is 13.8. The minimum atomic E-state index is -0.176. The van der Waals surface area contributed by atoms with Crippen molar-refractivity contribution in [1.29, 1.82) is 0 Å². The number of nitrogens with zero attached hydrogens (tertiary/aromatic N) is 1. The molecule has 0 unspecified atom stereocenters. The zero-order chi connectivity index (χ0) is 16.9. The van der Waals surface area contributed by atoms with Crippen molar-refractivity contribution in [3.8, 4) is 0 Å². The van der Waals surface area contributed by atoms with Crippen LogP contribution in [0.2, 0.25) is 5.02 Å². The van der Waals surface area contributed by atoms with Gasteiger partial charge in [0, 0.05) is 16.3 Å². The van der Waals surface area contributed by atoms with Gasteiger partial charge in [-0.3, -0.25) is 4.79 Å². The van der Waals surface area contributed by atoms with E-state index < -0.39 is 0 Å². The first-order valence-corrected chi connectivity index (χ1v) is 7.84. The number of aromatic nitrogens is 1. The number of rotatable bonds is 4. The first kappa shape index (κ1) is 16.0. The molecule has 0 saturated carbocycles. The van der Waals surface area contributed by atoms with E-state index in [0.29, 0.717) is 16.4 Å². The maximum absolute atomic E-state index is 12.2. The van der Waals surface area contributed by atoms with E-state index in [0.717, 1.165) is 16.9 Å². The minimum Gasteiger partial charge on any atom is -0.354 e. The second-order valence-corrected chi connectivity index (χ2v) is 5.82. The van der Waals surface area contributed by atoms with Gasteiger partial charge in [-0.05, 0) is 55.5 Å². The predicted molar refractivity (Wildman–Crippen MR) is 98.1 cm³/mol. The van der Waals surface area contributed by atoms with Crippen LogP contribution in [-0.4, -0.2) is 10.9 Å². The van der Waals surface area contributed by atoms with Crippen LogP contribution in [0.3, 0.4) is 0 Å². The molecular weight excluding hydrogens is 322 g/mol. The van der Waals surface area contributed by atoms with Crippen molar-refractivity contribution in [2.45, 2.75) is 6.92 Å². The Morgan fingerprint density at radius 1 is 1.00 bits per heavy atom. The highest BCUT2D eigenvalue weighted by molar-refractivity contribution is 6.30. The molecule has 0 aliphatic carbocycles. The molecule has 2 N–H and O–H groups in total. The monoisotopic (exact) mass is 337 g/mol. The fourth-order valence-corrected chi connectivity index (χ4v) is 2.34. The van der Waals surface area contributed by atoms with Gasteiger partial charge >= 0.3 is 0 Å². The van der Waals surface area contributed by atoms with Crippen molar-refractivity contribution in [2.24, 2.45) is 0 Å². The van der Waals surface area contributed by atoms with E-state index >= 15 is 0 Å². The third kappa shape index (κ3) is 4.12. The van der Waals surface area contributed by atoms with Gasteiger partial charge in [0.2, 0.25) is 0 Å². The molecule has 0 aliphatic rings. The highest BCUT2D eigenvalue weighted by Crippen LogP contribution is 2.19. The lowest BCUT2D eigenvalue weighted by Crippen LogP contribution is -2.13. The van der Waals surface area contributed by atoms with Gasteiger partial charge in [-0.25, -0.2) is 4.98 Å². The molecule has 0 bridgehead atoms. The largest absolute Gasteiger partial charge is 0.354 e. The summed E-state index contributed by atoms with van der Waals surface area (Å²) in [5.74, 6) is 0.327. The van der Waals surface area contributed by atoms with Crippen molar-refractivity contribution in [3.63, 3.8) is 0 Å². The van der Waals surface area contributed by atoms with Crippen LogP contribution in [0.15, 0.2) is 66.9 Å². The standard InChI is InChI=1S/C19H16ClN3O/c1-13-3-2-4-14(11-13)19(24)23-18-10-9-17(12-21-18)22-16-7-5-15(20)6-8-16/h2-12,22H,1H3,(H,21,23,24). The average molecular weight is 338 g/mol. The van der Waals surface area contributed by atoms with Crippen LogP contribution in [0.1, 0.15) is 15.9 Å². The van der Waals surface area contributed by atoms with E-state index in [1.54, 1.807) is 18.3 Å². The first-order chi connectivity index (χ1) is 11.6. The van der Waals surface area contributed by atoms with Crippen molar-refractivity contribution >= 4 is 34.7 Å². The maximum atomic E-state index is 12.2. The third-order valence-electron chi connectivity index (χ3n) is 3.42. The lowest BCUT2D eigenvalue weighted by molar-refractivity contribution is 0.102. The second-order valence-electron chi connectivity index (χ2n) is 5.39. The van der Waals surface area contributed by atoms with Gasteiger partial charge in [-0.2, -0.15) is 0 Å². The molecule has 120 valence electrons. The van der Waals surface area contributed by atoms with Crippen LogP contribution in [0.25, 0.3) is 0 Å². The number of carbonyl (C=O) groups is 1. The number of aryl methyl sites for hydroxylation is 1. The van der Waals surface area contributed by atoms with Crippen LogP contribution in [0.5, 0.6) is 0 Å². The molecule has 1 aromatic heterocycles. The van der Waals surface area contributed by atoms with Gasteiger partial charge in [0.15, 0.2) is 0 Å². The Kier molecular flexibility index (Phi) is 4.77. The molecule has 5 heteroatoms. The van der Waals surface area contributed by atoms with E-state index in [-0.39, 0.29) is 5.91 Å². The van der Waals surface area contributed by atoms with Gasteiger partial charge in [0.05, 0.1) is 11.9 Å². The summed E-state index contributed by atoms with van der Waals surface area (Å²) in [4.78, 5) is 16.5. The Hall–Kier alpha value is -2.85.